The molecule has 0 atom stereocenters. The van der Waals surface area contributed by atoms with Crippen molar-refractivity contribution in [2.45, 2.75) is 19.9 Å². The Bertz CT molecular complexity index is 523. The van der Waals surface area contributed by atoms with Gasteiger partial charge in [0.15, 0.2) is 0 Å². The first-order valence-electron chi connectivity index (χ1n) is 5.55. The molecule has 0 saturated carbocycles. The van der Waals surface area contributed by atoms with E-state index in [4.69, 9.17) is 0 Å². The van der Waals surface area contributed by atoms with E-state index in [-0.39, 0.29) is 0 Å². The SMILES string of the molecule is Cc1cccc2c1c1c(n2C)CNCC1. The minimum Gasteiger partial charge on any atom is -0.346 e. The molecule has 3 rings (SSSR count). The highest BCUT2D eigenvalue weighted by atomic mass is 15.0. The molecular weight excluding hydrogens is 184 g/mol. The zero-order valence-corrected chi connectivity index (χ0v) is 9.30. The van der Waals surface area contributed by atoms with E-state index in [0.29, 0.717) is 0 Å². The molecule has 0 saturated heterocycles. The molecule has 0 bridgehead atoms. The summed E-state index contributed by atoms with van der Waals surface area (Å²) >= 11 is 0. The first-order valence-corrected chi connectivity index (χ1v) is 5.55. The summed E-state index contributed by atoms with van der Waals surface area (Å²) in [5.41, 5.74) is 5.81. The molecule has 1 N–H and O–H groups in total. The van der Waals surface area contributed by atoms with Gasteiger partial charge in [0.05, 0.1) is 0 Å². The minimum atomic E-state index is 1.01. The van der Waals surface area contributed by atoms with E-state index in [9.17, 15) is 0 Å². The van der Waals surface area contributed by atoms with Crippen molar-refractivity contribution in [3.8, 4) is 0 Å². The van der Waals surface area contributed by atoms with Gasteiger partial charge in [-0.25, -0.2) is 0 Å². The fourth-order valence-electron chi connectivity index (χ4n) is 2.73. The fourth-order valence-corrected chi connectivity index (χ4v) is 2.73. The third-order valence-corrected chi connectivity index (χ3v) is 3.51. The largest absolute Gasteiger partial charge is 0.346 e. The molecule has 78 valence electrons. The first-order chi connectivity index (χ1) is 7.29. The molecule has 0 amide bonds. The normalized spacial score (nSPS) is 15.6. The molecular formula is C13H16N2. The molecule has 1 aromatic carbocycles. The monoisotopic (exact) mass is 200 g/mol. The van der Waals surface area contributed by atoms with Crippen LogP contribution in [0.25, 0.3) is 10.9 Å². The van der Waals surface area contributed by atoms with E-state index in [0.717, 1.165) is 19.5 Å². The van der Waals surface area contributed by atoms with Crippen molar-refractivity contribution >= 4 is 10.9 Å². The summed E-state index contributed by atoms with van der Waals surface area (Å²) in [7, 11) is 2.17. The van der Waals surface area contributed by atoms with Crippen molar-refractivity contribution < 1.29 is 0 Å². The molecule has 0 fully saturated rings. The second-order valence-corrected chi connectivity index (χ2v) is 4.38. The van der Waals surface area contributed by atoms with Gasteiger partial charge in [0, 0.05) is 30.2 Å². The van der Waals surface area contributed by atoms with E-state index in [2.05, 4.69) is 42.1 Å². The van der Waals surface area contributed by atoms with Gasteiger partial charge in [-0.15, -0.1) is 0 Å². The van der Waals surface area contributed by atoms with E-state index in [1.807, 2.05) is 0 Å². The molecule has 2 aromatic rings. The molecule has 1 aromatic heterocycles. The van der Waals surface area contributed by atoms with Crippen LogP contribution in [0.4, 0.5) is 0 Å². The van der Waals surface area contributed by atoms with Gasteiger partial charge in [0.25, 0.3) is 0 Å². The maximum Gasteiger partial charge on any atom is 0.0485 e. The molecule has 15 heavy (non-hydrogen) atoms. The third kappa shape index (κ3) is 1.15. The van der Waals surface area contributed by atoms with E-state index in [1.54, 1.807) is 5.56 Å². The zero-order chi connectivity index (χ0) is 10.4. The highest BCUT2D eigenvalue weighted by Gasteiger charge is 2.18. The fraction of sp³-hybridized carbons (Fsp3) is 0.385. The highest BCUT2D eigenvalue weighted by molar-refractivity contribution is 5.88. The molecule has 0 radical (unpaired) electrons. The molecule has 0 unspecified atom stereocenters. The Morgan fingerprint density at radius 2 is 2.20 bits per heavy atom. The molecule has 2 nitrogen and oxygen atoms in total. The Hall–Kier alpha value is -1.28. The first kappa shape index (κ1) is 8.98. The number of hydrogen-bond acceptors (Lipinski definition) is 1. The van der Waals surface area contributed by atoms with Gasteiger partial charge in [-0.1, -0.05) is 12.1 Å². The number of hydrogen-bond donors (Lipinski definition) is 1. The van der Waals surface area contributed by atoms with Crippen molar-refractivity contribution in [3.05, 3.63) is 35.0 Å². The Labute approximate surface area is 89.9 Å². The Morgan fingerprint density at radius 1 is 1.33 bits per heavy atom. The van der Waals surface area contributed by atoms with Crippen LogP contribution in [0.1, 0.15) is 16.8 Å². The summed E-state index contributed by atoms with van der Waals surface area (Å²) in [4.78, 5) is 0. The quantitative estimate of drug-likeness (QED) is 0.689. The second-order valence-electron chi connectivity index (χ2n) is 4.38. The zero-order valence-electron chi connectivity index (χ0n) is 9.30. The summed E-state index contributed by atoms with van der Waals surface area (Å²) < 4.78 is 2.34. The summed E-state index contributed by atoms with van der Waals surface area (Å²) in [5, 5.41) is 4.92. The van der Waals surface area contributed by atoms with E-state index >= 15 is 0 Å². The number of benzene rings is 1. The summed E-state index contributed by atoms with van der Waals surface area (Å²) in [6.45, 7) is 4.34. The molecule has 0 spiro atoms. The molecule has 1 aliphatic heterocycles. The van der Waals surface area contributed by atoms with Gasteiger partial charge in [-0.05, 0) is 37.1 Å². The number of aromatic nitrogens is 1. The summed E-state index contributed by atoms with van der Waals surface area (Å²) in [6.07, 6.45) is 1.16. The van der Waals surface area contributed by atoms with Gasteiger partial charge < -0.3 is 9.88 Å². The maximum atomic E-state index is 3.44. The molecule has 0 aliphatic carbocycles. The second kappa shape index (κ2) is 3.11. The molecule has 2 heterocycles. The van der Waals surface area contributed by atoms with Crippen LogP contribution in [0, 0.1) is 6.92 Å². The van der Waals surface area contributed by atoms with Crippen LogP contribution in [-0.2, 0) is 20.0 Å². The van der Waals surface area contributed by atoms with Crippen molar-refractivity contribution in [1.82, 2.24) is 9.88 Å². The summed E-state index contributed by atoms with van der Waals surface area (Å²) in [6, 6.07) is 6.59. The topological polar surface area (TPSA) is 17.0 Å². The highest BCUT2D eigenvalue weighted by Crippen LogP contribution is 2.29. The number of nitrogens with zero attached hydrogens (tertiary/aromatic N) is 1. The van der Waals surface area contributed by atoms with E-state index < -0.39 is 0 Å². The van der Waals surface area contributed by atoms with Crippen LogP contribution in [-0.4, -0.2) is 11.1 Å². The van der Waals surface area contributed by atoms with E-state index in [1.165, 1.54) is 22.2 Å². The van der Waals surface area contributed by atoms with Gasteiger partial charge in [-0.3, -0.25) is 0 Å². The lowest BCUT2D eigenvalue weighted by atomic mass is 10.0. The van der Waals surface area contributed by atoms with Crippen LogP contribution < -0.4 is 5.32 Å². The van der Waals surface area contributed by atoms with Crippen molar-refractivity contribution in [3.63, 3.8) is 0 Å². The van der Waals surface area contributed by atoms with Gasteiger partial charge in [-0.2, -0.15) is 0 Å². The average Bonchev–Trinajstić information content (AvgIpc) is 2.55. The van der Waals surface area contributed by atoms with Crippen molar-refractivity contribution in [1.29, 1.82) is 0 Å². The lowest BCUT2D eigenvalue weighted by Crippen LogP contribution is -2.24. The summed E-state index contributed by atoms with van der Waals surface area (Å²) in [5.74, 6) is 0. The van der Waals surface area contributed by atoms with Crippen molar-refractivity contribution in [2.75, 3.05) is 6.54 Å². The number of aryl methyl sites for hydroxylation is 2. The van der Waals surface area contributed by atoms with Gasteiger partial charge >= 0.3 is 0 Å². The number of rotatable bonds is 0. The van der Waals surface area contributed by atoms with Gasteiger partial charge in [0.1, 0.15) is 0 Å². The lowest BCUT2D eigenvalue weighted by Gasteiger charge is -2.14. The maximum absolute atomic E-state index is 3.44. The van der Waals surface area contributed by atoms with Crippen molar-refractivity contribution in [2.24, 2.45) is 7.05 Å². The van der Waals surface area contributed by atoms with Crippen LogP contribution in [0.5, 0.6) is 0 Å². The molecule has 2 heteroatoms. The standard InChI is InChI=1S/C13H16N2/c1-9-4-3-5-11-13(9)10-6-7-14-8-12(10)15(11)2/h3-5,14H,6-8H2,1-2H3. The lowest BCUT2D eigenvalue weighted by molar-refractivity contribution is 0.614. The average molecular weight is 200 g/mol. The van der Waals surface area contributed by atoms with Crippen LogP contribution in [0.15, 0.2) is 18.2 Å². The van der Waals surface area contributed by atoms with Crippen LogP contribution >= 0.6 is 0 Å². The van der Waals surface area contributed by atoms with Crippen LogP contribution in [0.3, 0.4) is 0 Å². The Kier molecular flexibility index (Phi) is 1.86. The van der Waals surface area contributed by atoms with Crippen LogP contribution in [0.2, 0.25) is 0 Å². The third-order valence-electron chi connectivity index (χ3n) is 3.51. The Balaban J connectivity index is 2.44. The Morgan fingerprint density at radius 3 is 3.07 bits per heavy atom. The predicted molar refractivity (Wildman–Crippen MR) is 63.1 cm³/mol. The van der Waals surface area contributed by atoms with Gasteiger partial charge in [0.2, 0.25) is 0 Å². The number of nitrogens with one attached hydrogen (secondary N) is 1. The molecule has 1 aliphatic rings. The number of fused-ring (bicyclic) bond motifs is 3. The predicted octanol–water partition coefficient (Wildman–Crippen LogP) is 2.13. The minimum absolute atomic E-state index is 1.01. The smallest absolute Gasteiger partial charge is 0.0485 e.